The molecule has 1 aromatic rings. The number of halogens is 1. The van der Waals surface area contributed by atoms with Gasteiger partial charge < -0.3 is 5.32 Å². The SMILES string of the molecule is CCc1nn(CC)c(CC(C)(C)CNC(C)C)c1Cl. The molecular formula is C15H28ClN3. The summed E-state index contributed by atoms with van der Waals surface area (Å²) in [6.07, 6.45) is 1.84. The fraction of sp³-hybridized carbons (Fsp3) is 0.800. The molecule has 3 nitrogen and oxygen atoms in total. The van der Waals surface area contributed by atoms with Crippen LogP contribution >= 0.6 is 11.6 Å². The molecule has 0 bridgehead atoms. The zero-order valence-electron chi connectivity index (χ0n) is 13.2. The summed E-state index contributed by atoms with van der Waals surface area (Å²) in [6, 6.07) is 0.511. The van der Waals surface area contributed by atoms with Crippen molar-refractivity contribution in [3.05, 3.63) is 16.4 Å². The Morgan fingerprint density at radius 3 is 2.42 bits per heavy atom. The highest BCUT2D eigenvalue weighted by atomic mass is 35.5. The van der Waals surface area contributed by atoms with E-state index in [0.29, 0.717) is 6.04 Å². The second kappa shape index (κ2) is 6.76. The first-order valence-electron chi connectivity index (χ1n) is 7.28. The van der Waals surface area contributed by atoms with Crippen LogP contribution in [-0.2, 0) is 19.4 Å². The van der Waals surface area contributed by atoms with Crippen LogP contribution in [0.3, 0.4) is 0 Å². The van der Waals surface area contributed by atoms with Gasteiger partial charge in [0.25, 0.3) is 0 Å². The number of nitrogens with zero attached hydrogens (tertiary/aromatic N) is 2. The Hall–Kier alpha value is -0.540. The van der Waals surface area contributed by atoms with Crippen molar-refractivity contribution < 1.29 is 0 Å². The molecule has 0 aromatic carbocycles. The number of aromatic nitrogens is 2. The van der Waals surface area contributed by atoms with Gasteiger partial charge in [-0.15, -0.1) is 0 Å². The topological polar surface area (TPSA) is 29.9 Å². The predicted molar refractivity (Wildman–Crippen MR) is 82.9 cm³/mol. The van der Waals surface area contributed by atoms with Gasteiger partial charge in [-0.25, -0.2) is 0 Å². The van der Waals surface area contributed by atoms with Crippen molar-refractivity contribution >= 4 is 11.6 Å². The zero-order valence-corrected chi connectivity index (χ0v) is 13.9. The molecule has 1 rings (SSSR count). The summed E-state index contributed by atoms with van der Waals surface area (Å²) in [6.45, 7) is 15.0. The minimum absolute atomic E-state index is 0.172. The maximum absolute atomic E-state index is 6.47. The van der Waals surface area contributed by atoms with Crippen molar-refractivity contribution in [2.24, 2.45) is 5.41 Å². The molecule has 0 saturated carbocycles. The summed E-state index contributed by atoms with van der Waals surface area (Å²) in [7, 11) is 0. The second-order valence-electron chi connectivity index (χ2n) is 6.25. The lowest BCUT2D eigenvalue weighted by molar-refractivity contribution is 0.317. The van der Waals surface area contributed by atoms with E-state index in [4.69, 9.17) is 11.6 Å². The summed E-state index contributed by atoms with van der Waals surface area (Å²) < 4.78 is 2.05. The van der Waals surface area contributed by atoms with Gasteiger partial charge in [-0.1, -0.05) is 46.2 Å². The molecule has 0 atom stereocenters. The Morgan fingerprint density at radius 1 is 1.32 bits per heavy atom. The number of aryl methyl sites for hydroxylation is 2. The third kappa shape index (κ3) is 4.50. The van der Waals surface area contributed by atoms with E-state index in [1.54, 1.807) is 0 Å². The first-order valence-corrected chi connectivity index (χ1v) is 7.66. The van der Waals surface area contributed by atoms with E-state index in [0.717, 1.165) is 36.6 Å². The normalized spacial score (nSPS) is 12.4. The van der Waals surface area contributed by atoms with E-state index in [2.05, 4.69) is 56.6 Å². The van der Waals surface area contributed by atoms with E-state index in [1.165, 1.54) is 5.69 Å². The lowest BCUT2D eigenvalue weighted by Crippen LogP contribution is -2.35. The van der Waals surface area contributed by atoms with Crippen molar-refractivity contribution in [3.63, 3.8) is 0 Å². The molecule has 1 heterocycles. The highest BCUT2D eigenvalue weighted by Crippen LogP contribution is 2.29. The van der Waals surface area contributed by atoms with Crippen LogP contribution in [0.25, 0.3) is 0 Å². The summed E-state index contributed by atoms with van der Waals surface area (Å²) in [4.78, 5) is 0. The molecule has 19 heavy (non-hydrogen) atoms. The molecule has 0 saturated heterocycles. The van der Waals surface area contributed by atoms with Gasteiger partial charge in [0.1, 0.15) is 0 Å². The van der Waals surface area contributed by atoms with Crippen LogP contribution in [0.15, 0.2) is 0 Å². The fourth-order valence-electron chi connectivity index (χ4n) is 2.18. The average molecular weight is 286 g/mol. The molecule has 1 aromatic heterocycles. The number of rotatable bonds is 7. The highest BCUT2D eigenvalue weighted by molar-refractivity contribution is 6.31. The molecule has 0 aliphatic rings. The van der Waals surface area contributed by atoms with Crippen LogP contribution in [0, 0.1) is 5.41 Å². The van der Waals surface area contributed by atoms with Crippen LogP contribution in [0.5, 0.6) is 0 Å². The van der Waals surface area contributed by atoms with E-state index < -0.39 is 0 Å². The van der Waals surface area contributed by atoms with Crippen LogP contribution in [-0.4, -0.2) is 22.4 Å². The standard InChI is InChI=1S/C15H28ClN3/c1-7-12-14(16)13(19(8-2)18-12)9-15(5,6)10-17-11(3)4/h11,17H,7-10H2,1-6H3. The van der Waals surface area contributed by atoms with Gasteiger partial charge in [0.05, 0.1) is 16.4 Å². The quantitative estimate of drug-likeness (QED) is 0.828. The van der Waals surface area contributed by atoms with Gasteiger partial charge in [0, 0.05) is 19.1 Å². The molecule has 4 heteroatoms. The number of nitrogens with one attached hydrogen (secondary N) is 1. The van der Waals surface area contributed by atoms with Crippen LogP contribution < -0.4 is 5.32 Å². The lowest BCUT2D eigenvalue weighted by atomic mass is 9.87. The van der Waals surface area contributed by atoms with Crippen molar-refractivity contribution in [1.29, 1.82) is 0 Å². The fourth-order valence-corrected chi connectivity index (χ4v) is 2.52. The average Bonchev–Trinajstić information content (AvgIpc) is 2.63. The van der Waals surface area contributed by atoms with Crippen molar-refractivity contribution in [2.75, 3.05) is 6.54 Å². The Labute approximate surface area is 122 Å². The predicted octanol–water partition coefficient (Wildman–Crippen LogP) is 3.69. The minimum atomic E-state index is 0.172. The number of hydrogen-bond donors (Lipinski definition) is 1. The van der Waals surface area contributed by atoms with E-state index in [9.17, 15) is 0 Å². The van der Waals surface area contributed by atoms with Crippen LogP contribution in [0.2, 0.25) is 5.02 Å². The van der Waals surface area contributed by atoms with E-state index in [1.807, 2.05) is 0 Å². The van der Waals surface area contributed by atoms with Gasteiger partial charge in [0.2, 0.25) is 0 Å². The Balaban J connectivity index is 2.88. The molecule has 110 valence electrons. The van der Waals surface area contributed by atoms with Crippen molar-refractivity contribution in [3.8, 4) is 0 Å². The molecule has 0 radical (unpaired) electrons. The largest absolute Gasteiger partial charge is 0.314 e. The van der Waals surface area contributed by atoms with Gasteiger partial charge in [-0.3, -0.25) is 4.68 Å². The van der Waals surface area contributed by atoms with E-state index >= 15 is 0 Å². The maximum Gasteiger partial charge on any atom is 0.0850 e. The summed E-state index contributed by atoms with van der Waals surface area (Å²) >= 11 is 6.47. The van der Waals surface area contributed by atoms with Gasteiger partial charge in [0.15, 0.2) is 0 Å². The molecular weight excluding hydrogens is 258 g/mol. The van der Waals surface area contributed by atoms with Gasteiger partial charge >= 0.3 is 0 Å². The van der Waals surface area contributed by atoms with Crippen molar-refractivity contribution in [1.82, 2.24) is 15.1 Å². The Bertz CT molecular complexity index is 408. The lowest BCUT2D eigenvalue weighted by Gasteiger charge is -2.26. The molecule has 0 spiro atoms. The molecule has 0 fully saturated rings. The molecule has 0 amide bonds. The molecule has 0 aliphatic carbocycles. The maximum atomic E-state index is 6.47. The summed E-state index contributed by atoms with van der Waals surface area (Å²) in [5.41, 5.74) is 2.37. The van der Waals surface area contributed by atoms with Crippen LogP contribution in [0.1, 0.15) is 52.9 Å². The third-order valence-corrected chi connectivity index (χ3v) is 3.77. The zero-order chi connectivity index (χ0) is 14.6. The monoisotopic (exact) mass is 285 g/mol. The van der Waals surface area contributed by atoms with Gasteiger partial charge in [-0.05, 0) is 25.2 Å². The minimum Gasteiger partial charge on any atom is -0.314 e. The number of hydrogen-bond acceptors (Lipinski definition) is 2. The third-order valence-electron chi connectivity index (χ3n) is 3.33. The first-order chi connectivity index (χ1) is 8.80. The van der Waals surface area contributed by atoms with Crippen molar-refractivity contribution in [2.45, 2.75) is 67.0 Å². The van der Waals surface area contributed by atoms with Crippen LogP contribution in [0.4, 0.5) is 0 Å². The molecule has 1 N–H and O–H groups in total. The van der Waals surface area contributed by atoms with Gasteiger partial charge in [-0.2, -0.15) is 5.10 Å². The van der Waals surface area contributed by atoms with E-state index in [-0.39, 0.29) is 5.41 Å². The Kier molecular flexibility index (Phi) is 5.87. The highest BCUT2D eigenvalue weighted by Gasteiger charge is 2.24. The Morgan fingerprint density at radius 2 is 1.95 bits per heavy atom. The second-order valence-corrected chi connectivity index (χ2v) is 6.63. The molecule has 0 unspecified atom stereocenters. The first kappa shape index (κ1) is 16.5. The summed E-state index contributed by atoms with van der Waals surface area (Å²) in [5.74, 6) is 0. The molecule has 0 aliphatic heterocycles. The smallest absolute Gasteiger partial charge is 0.0850 e. The summed E-state index contributed by atoms with van der Waals surface area (Å²) in [5, 5.41) is 8.96.